The number of carboxylic acids is 1. The molecule has 118 valence electrons. The van der Waals surface area contributed by atoms with Gasteiger partial charge in [-0.05, 0) is 31.2 Å². The molecule has 21 heavy (non-hydrogen) atoms. The molecular weight excluding hydrogens is 272 g/mol. The van der Waals surface area contributed by atoms with E-state index in [1.54, 1.807) is 7.11 Å². The summed E-state index contributed by atoms with van der Waals surface area (Å²) in [7, 11) is 1.70. The van der Waals surface area contributed by atoms with Gasteiger partial charge in [0.05, 0.1) is 18.4 Å². The third-order valence-corrected chi connectivity index (χ3v) is 5.26. The zero-order valence-corrected chi connectivity index (χ0v) is 12.5. The first-order chi connectivity index (χ1) is 10.1. The number of methoxy groups -OCH3 is 1. The second-order valence-electron chi connectivity index (χ2n) is 6.57. The van der Waals surface area contributed by atoms with Crippen LogP contribution < -0.4 is 0 Å². The van der Waals surface area contributed by atoms with Gasteiger partial charge in [0.25, 0.3) is 0 Å². The summed E-state index contributed by atoms with van der Waals surface area (Å²) in [5, 5.41) is 9.03. The number of hydrogen-bond acceptors (Lipinski definition) is 4. The fourth-order valence-electron chi connectivity index (χ4n) is 4.01. The van der Waals surface area contributed by atoms with Crippen LogP contribution in [0.5, 0.6) is 0 Å². The molecule has 4 atom stereocenters. The first-order valence-electron chi connectivity index (χ1n) is 7.84. The van der Waals surface area contributed by atoms with Crippen molar-refractivity contribution < 1.29 is 19.4 Å². The number of carbonyl (C=O) groups is 2. The van der Waals surface area contributed by atoms with Crippen LogP contribution in [-0.2, 0) is 14.3 Å². The van der Waals surface area contributed by atoms with Gasteiger partial charge in [-0.2, -0.15) is 0 Å². The van der Waals surface area contributed by atoms with E-state index >= 15 is 0 Å². The lowest BCUT2D eigenvalue weighted by Gasteiger charge is -2.34. The molecule has 1 aliphatic carbocycles. The summed E-state index contributed by atoms with van der Waals surface area (Å²) in [6, 6.07) is 0. The van der Waals surface area contributed by atoms with Crippen molar-refractivity contribution in [3.05, 3.63) is 0 Å². The smallest absolute Gasteiger partial charge is 0.307 e. The molecule has 1 unspecified atom stereocenters. The Hall–Kier alpha value is -1.14. The van der Waals surface area contributed by atoms with E-state index in [0.717, 1.165) is 32.5 Å². The van der Waals surface area contributed by atoms with E-state index in [-0.39, 0.29) is 29.6 Å². The van der Waals surface area contributed by atoms with Crippen molar-refractivity contribution in [1.29, 1.82) is 0 Å². The van der Waals surface area contributed by atoms with Crippen LogP contribution in [0.1, 0.15) is 12.8 Å². The topological polar surface area (TPSA) is 70.1 Å². The molecule has 3 aliphatic rings. The highest BCUT2D eigenvalue weighted by molar-refractivity contribution is 5.81. The van der Waals surface area contributed by atoms with Gasteiger partial charge in [-0.25, -0.2) is 0 Å². The van der Waals surface area contributed by atoms with Gasteiger partial charge in [0.2, 0.25) is 5.91 Å². The number of piperidine rings is 2. The quantitative estimate of drug-likeness (QED) is 0.781. The van der Waals surface area contributed by atoms with E-state index in [9.17, 15) is 9.59 Å². The summed E-state index contributed by atoms with van der Waals surface area (Å²) < 4.78 is 5.10. The van der Waals surface area contributed by atoms with Gasteiger partial charge in [0, 0.05) is 33.3 Å². The average molecular weight is 296 g/mol. The normalized spacial score (nSPS) is 35.6. The number of rotatable bonds is 5. The molecule has 0 radical (unpaired) electrons. The lowest BCUT2D eigenvalue weighted by molar-refractivity contribution is -0.142. The molecule has 0 aromatic rings. The van der Waals surface area contributed by atoms with Crippen molar-refractivity contribution in [1.82, 2.24) is 9.80 Å². The predicted octanol–water partition coefficient (Wildman–Crippen LogP) is 0.134. The third kappa shape index (κ3) is 2.92. The van der Waals surface area contributed by atoms with E-state index < -0.39 is 5.97 Å². The standard InChI is InChI=1S/C15H24N2O4/c1-21-6-5-16-4-2-3-10(7-16)14(18)17-8-11-12(9-17)13(11)15(19)20/h10-13H,2-9H2,1H3,(H,19,20)/t10-,11-,12+,13?/m1/s1. The molecule has 6 heteroatoms. The molecule has 1 amide bonds. The molecule has 2 saturated heterocycles. The molecule has 2 aliphatic heterocycles. The number of carbonyl (C=O) groups excluding carboxylic acids is 1. The maximum atomic E-state index is 12.6. The number of carboxylic acid groups (broad SMARTS) is 1. The number of amides is 1. The van der Waals surface area contributed by atoms with Gasteiger partial charge in [-0.15, -0.1) is 0 Å². The number of hydrogen-bond donors (Lipinski definition) is 1. The molecule has 3 rings (SSSR count). The molecule has 0 aromatic heterocycles. The average Bonchev–Trinajstić information content (AvgIpc) is 3.00. The molecule has 0 bridgehead atoms. The lowest BCUT2D eigenvalue weighted by Crippen LogP contribution is -2.45. The number of fused-ring (bicyclic) bond motifs is 1. The van der Waals surface area contributed by atoms with Gasteiger partial charge in [-0.3, -0.25) is 9.59 Å². The number of nitrogens with zero attached hydrogens (tertiary/aromatic N) is 2. The second kappa shape index (κ2) is 5.93. The summed E-state index contributed by atoms with van der Waals surface area (Å²) in [6.07, 6.45) is 2.01. The molecule has 6 nitrogen and oxygen atoms in total. The van der Waals surface area contributed by atoms with Crippen LogP contribution in [0.25, 0.3) is 0 Å². The molecule has 1 N–H and O–H groups in total. The highest BCUT2D eigenvalue weighted by atomic mass is 16.5. The molecule has 0 spiro atoms. The monoisotopic (exact) mass is 296 g/mol. The van der Waals surface area contributed by atoms with Crippen molar-refractivity contribution in [2.45, 2.75) is 12.8 Å². The minimum atomic E-state index is -0.694. The Morgan fingerprint density at radius 2 is 1.95 bits per heavy atom. The van der Waals surface area contributed by atoms with E-state index in [1.807, 2.05) is 4.90 Å². The summed E-state index contributed by atoms with van der Waals surface area (Å²) in [4.78, 5) is 27.8. The molecule has 3 fully saturated rings. The molecular formula is C15H24N2O4. The van der Waals surface area contributed by atoms with Crippen LogP contribution in [0, 0.1) is 23.7 Å². The van der Waals surface area contributed by atoms with Crippen LogP contribution in [0.3, 0.4) is 0 Å². The Bertz CT molecular complexity index is 416. The number of likely N-dealkylation sites (tertiary alicyclic amines) is 2. The SMILES string of the molecule is COCCN1CCC[C@@H](C(=O)N2C[C@@H]3C(C(=O)O)[C@@H]3C2)C1. The van der Waals surface area contributed by atoms with Crippen molar-refractivity contribution in [2.24, 2.45) is 23.7 Å². The van der Waals surface area contributed by atoms with E-state index in [2.05, 4.69) is 4.90 Å². The van der Waals surface area contributed by atoms with Crippen molar-refractivity contribution in [3.63, 3.8) is 0 Å². The van der Waals surface area contributed by atoms with Crippen LogP contribution >= 0.6 is 0 Å². The van der Waals surface area contributed by atoms with Crippen molar-refractivity contribution in [3.8, 4) is 0 Å². The first-order valence-corrected chi connectivity index (χ1v) is 7.84. The Labute approximate surface area is 125 Å². The van der Waals surface area contributed by atoms with Gasteiger partial charge in [0.15, 0.2) is 0 Å². The zero-order chi connectivity index (χ0) is 15.0. The zero-order valence-electron chi connectivity index (χ0n) is 12.5. The maximum absolute atomic E-state index is 12.6. The summed E-state index contributed by atoms with van der Waals surface area (Å²) in [5.41, 5.74) is 0. The Morgan fingerprint density at radius 3 is 2.57 bits per heavy atom. The summed E-state index contributed by atoms with van der Waals surface area (Å²) >= 11 is 0. The van der Waals surface area contributed by atoms with E-state index in [1.165, 1.54) is 0 Å². The molecule has 1 saturated carbocycles. The molecule has 0 aromatic carbocycles. The second-order valence-corrected chi connectivity index (χ2v) is 6.57. The predicted molar refractivity (Wildman–Crippen MR) is 75.7 cm³/mol. The summed E-state index contributed by atoms with van der Waals surface area (Å²) in [6.45, 7) is 4.74. The van der Waals surface area contributed by atoms with Crippen LogP contribution in [0.4, 0.5) is 0 Å². The fourth-order valence-corrected chi connectivity index (χ4v) is 4.01. The Morgan fingerprint density at radius 1 is 1.24 bits per heavy atom. The molecule has 2 heterocycles. The van der Waals surface area contributed by atoms with Crippen molar-refractivity contribution >= 4 is 11.9 Å². The van der Waals surface area contributed by atoms with Gasteiger partial charge in [0.1, 0.15) is 0 Å². The van der Waals surface area contributed by atoms with Crippen LogP contribution in [0.2, 0.25) is 0 Å². The van der Waals surface area contributed by atoms with Crippen LogP contribution in [0.15, 0.2) is 0 Å². The van der Waals surface area contributed by atoms with Gasteiger partial charge >= 0.3 is 5.97 Å². The first kappa shape index (κ1) is 14.8. The lowest BCUT2D eigenvalue weighted by atomic mass is 9.96. The van der Waals surface area contributed by atoms with Gasteiger partial charge < -0.3 is 19.6 Å². The van der Waals surface area contributed by atoms with E-state index in [0.29, 0.717) is 19.7 Å². The van der Waals surface area contributed by atoms with E-state index in [4.69, 9.17) is 9.84 Å². The largest absolute Gasteiger partial charge is 0.481 e. The van der Waals surface area contributed by atoms with Crippen LogP contribution in [-0.4, -0.2) is 73.2 Å². The number of ether oxygens (including phenoxy) is 1. The Kier molecular flexibility index (Phi) is 4.17. The van der Waals surface area contributed by atoms with Crippen molar-refractivity contribution in [2.75, 3.05) is 46.4 Å². The summed E-state index contributed by atoms with van der Waals surface area (Å²) in [5.74, 6) is -0.164. The maximum Gasteiger partial charge on any atom is 0.307 e. The highest BCUT2D eigenvalue weighted by Gasteiger charge is 2.60. The fraction of sp³-hybridized carbons (Fsp3) is 0.867. The number of aliphatic carboxylic acids is 1. The third-order valence-electron chi connectivity index (χ3n) is 5.26. The minimum Gasteiger partial charge on any atom is -0.481 e. The van der Waals surface area contributed by atoms with Gasteiger partial charge in [-0.1, -0.05) is 0 Å². The highest BCUT2D eigenvalue weighted by Crippen LogP contribution is 2.52. The Balaban J connectivity index is 1.49. The minimum absolute atomic E-state index is 0.0800.